The lowest BCUT2D eigenvalue weighted by atomic mass is 9.88. The average Bonchev–Trinajstić information content (AvgIpc) is 3.48. The summed E-state index contributed by atoms with van der Waals surface area (Å²) in [6.07, 6.45) is 4.39. The molecule has 1 aromatic carbocycles. The van der Waals surface area contributed by atoms with Crippen LogP contribution in [0.3, 0.4) is 0 Å². The first-order valence-corrected chi connectivity index (χ1v) is 11.7. The summed E-state index contributed by atoms with van der Waals surface area (Å²) in [7, 11) is 0. The summed E-state index contributed by atoms with van der Waals surface area (Å²) in [6, 6.07) is 11.1. The quantitative estimate of drug-likeness (QED) is 0.597. The minimum Gasteiger partial charge on any atom is -0.465 e. The van der Waals surface area contributed by atoms with Crippen LogP contribution in [0.25, 0.3) is 0 Å². The summed E-state index contributed by atoms with van der Waals surface area (Å²) in [5.41, 5.74) is 1.15. The monoisotopic (exact) mass is 426 g/mol. The fraction of sp³-hybridized carbons (Fsp3) is 0.577. The van der Waals surface area contributed by atoms with E-state index in [9.17, 15) is 9.18 Å². The predicted molar refractivity (Wildman–Crippen MR) is 120 cm³/mol. The summed E-state index contributed by atoms with van der Waals surface area (Å²) in [4.78, 5) is 17.8. The molecule has 2 heterocycles. The Morgan fingerprint density at radius 2 is 1.84 bits per heavy atom. The highest BCUT2D eigenvalue weighted by atomic mass is 19.1. The van der Waals surface area contributed by atoms with E-state index in [2.05, 4.69) is 23.6 Å². The minimum atomic E-state index is -0.207. The van der Waals surface area contributed by atoms with Crippen LogP contribution < -0.4 is 0 Å². The molecule has 5 heteroatoms. The van der Waals surface area contributed by atoms with Crippen LogP contribution in [0.2, 0.25) is 0 Å². The molecular formula is C26H35FN2O2. The molecular weight excluding hydrogens is 391 g/mol. The lowest BCUT2D eigenvalue weighted by molar-refractivity contribution is -0.137. The molecule has 4 nitrogen and oxygen atoms in total. The van der Waals surface area contributed by atoms with Gasteiger partial charge in [-0.25, -0.2) is 4.39 Å². The summed E-state index contributed by atoms with van der Waals surface area (Å²) in [6.45, 7) is 9.52. The molecule has 0 N–H and O–H groups in total. The molecule has 0 radical (unpaired) electrons. The molecule has 4 rings (SSSR count). The van der Waals surface area contributed by atoms with Crippen molar-refractivity contribution >= 4 is 5.91 Å². The number of hydrogen-bond acceptors (Lipinski definition) is 3. The van der Waals surface area contributed by atoms with E-state index in [1.54, 1.807) is 12.1 Å². The van der Waals surface area contributed by atoms with Crippen LogP contribution in [0, 0.1) is 24.6 Å². The minimum absolute atomic E-state index is 0.184. The lowest BCUT2D eigenvalue weighted by Crippen LogP contribution is -2.44. The molecule has 0 spiro atoms. The van der Waals surface area contributed by atoms with Gasteiger partial charge in [0.1, 0.15) is 17.3 Å². The molecule has 1 amide bonds. The van der Waals surface area contributed by atoms with E-state index in [1.807, 2.05) is 31.2 Å². The number of carbonyl (C=O) groups is 1. The summed E-state index contributed by atoms with van der Waals surface area (Å²) in [5, 5.41) is 0. The van der Waals surface area contributed by atoms with Gasteiger partial charge in [0.25, 0.3) is 0 Å². The van der Waals surface area contributed by atoms with Crippen molar-refractivity contribution < 1.29 is 13.6 Å². The van der Waals surface area contributed by atoms with Crippen molar-refractivity contribution in [1.29, 1.82) is 0 Å². The van der Waals surface area contributed by atoms with E-state index in [1.165, 1.54) is 12.8 Å². The van der Waals surface area contributed by atoms with E-state index < -0.39 is 0 Å². The van der Waals surface area contributed by atoms with E-state index in [0.29, 0.717) is 11.8 Å². The highest BCUT2D eigenvalue weighted by molar-refractivity contribution is 5.79. The van der Waals surface area contributed by atoms with E-state index >= 15 is 0 Å². The number of rotatable bonds is 7. The Morgan fingerprint density at radius 1 is 1.13 bits per heavy atom. The maximum Gasteiger partial charge on any atom is 0.225 e. The maximum atomic E-state index is 13.6. The molecule has 2 aromatic rings. The summed E-state index contributed by atoms with van der Waals surface area (Å²) < 4.78 is 19.4. The Morgan fingerprint density at radius 3 is 2.45 bits per heavy atom. The number of benzene rings is 1. The highest BCUT2D eigenvalue weighted by Crippen LogP contribution is 2.36. The van der Waals surface area contributed by atoms with Gasteiger partial charge in [-0.3, -0.25) is 9.69 Å². The second kappa shape index (κ2) is 9.56. The fourth-order valence-electron chi connectivity index (χ4n) is 5.37. The van der Waals surface area contributed by atoms with Gasteiger partial charge in [-0.1, -0.05) is 25.0 Å². The van der Waals surface area contributed by atoms with Crippen molar-refractivity contribution in [2.45, 2.75) is 65.0 Å². The summed E-state index contributed by atoms with van der Waals surface area (Å²) >= 11 is 0. The molecule has 2 unspecified atom stereocenters. The molecule has 1 aliphatic carbocycles. The van der Waals surface area contributed by atoms with Crippen LogP contribution in [0.5, 0.6) is 0 Å². The molecule has 1 saturated heterocycles. The van der Waals surface area contributed by atoms with Gasteiger partial charge in [0.2, 0.25) is 5.91 Å². The van der Waals surface area contributed by atoms with Gasteiger partial charge in [-0.2, -0.15) is 0 Å². The van der Waals surface area contributed by atoms with Gasteiger partial charge >= 0.3 is 0 Å². The third-order valence-electron chi connectivity index (χ3n) is 7.03. The van der Waals surface area contributed by atoms with Crippen molar-refractivity contribution in [1.82, 2.24) is 9.80 Å². The Bertz CT molecular complexity index is 870. The molecule has 1 saturated carbocycles. The Labute approximate surface area is 185 Å². The van der Waals surface area contributed by atoms with Crippen LogP contribution >= 0.6 is 0 Å². The Hall–Kier alpha value is -2.14. The molecule has 1 aromatic heterocycles. The molecule has 2 atom stereocenters. The van der Waals surface area contributed by atoms with Crippen molar-refractivity contribution in [2.24, 2.45) is 11.8 Å². The number of likely N-dealkylation sites (tertiary alicyclic amines) is 1. The van der Waals surface area contributed by atoms with Gasteiger partial charge in [0.05, 0.1) is 6.54 Å². The normalized spacial score (nSPS) is 22.5. The maximum absolute atomic E-state index is 13.6. The molecule has 2 fully saturated rings. The van der Waals surface area contributed by atoms with Crippen LogP contribution in [-0.2, 0) is 11.3 Å². The van der Waals surface area contributed by atoms with E-state index in [-0.39, 0.29) is 23.7 Å². The first-order chi connectivity index (χ1) is 14.9. The van der Waals surface area contributed by atoms with Gasteiger partial charge in [0.15, 0.2) is 0 Å². The van der Waals surface area contributed by atoms with E-state index in [0.717, 1.165) is 56.1 Å². The van der Waals surface area contributed by atoms with Crippen molar-refractivity contribution in [3.8, 4) is 0 Å². The summed E-state index contributed by atoms with van der Waals surface area (Å²) in [5.74, 6) is 2.79. The molecule has 0 bridgehead atoms. The van der Waals surface area contributed by atoms with Gasteiger partial charge in [-0.05, 0) is 69.4 Å². The zero-order valence-corrected chi connectivity index (χ0v) is 19.0. The lowest BCUT2D eigenvalue weighted by Gasteiger charge is -2.33. The molecule has 2 aliphatic rings. The SMILES string of the molecule is Cc1ccc(CN2CC(CN(C(=O)C3CCCC3)C(C)C)C(c3ccc(F)cc3)C2)o1. The average molecular weight is 427 g/mol. The van der Waals surface area contributed by atoms with Crippen LogP contribution in [0.4, 0.5) is 4.39 Å². The third-order valence-corrected chi connectivity index (χ3v) is 7.03. The number of aryl methyl sites for hydroxylation is 1. The first-order valence-electron chi connectivity index (χ1n) is 11.7. The fourth-order valence-corrected chi connectivity index (χ4v) is 5.37. The number of hydrogen-bond donors (Lipinski definition) is 0. The molecule has 168 valence electrons. The Kier molecular flexibility index (Phi) is 6.80. The van der Waals surface area contributed by atoms with Crippen LogP contribution in [-0.4, -0.2) is 41.4 Å². The van der Waals surface area contributed by atoms with E-state index in [4.69, 9.17) is 4.42 Å². The van der Waals surface area contributed by atoms with Crippen molar-refractivity contribution in [2.75, 3.05) is 19.6 Å². The van der Waals surface area contributed by atoms with Crippen LogP contribution in [0.1, 0.15) is 62.5 Å². The second-order valence-electron chi connectivity index (χ2n) is 9.69. The van der Waals surface area contributed by atoms with Crippen molar-refractivity contribution in [3.63, 3.8) is 0 Å². The first kappa shape index (κ1) is 22.1. The Balaban J connectivity index is 1.53. The zero-order valence-electron chi connectivity index (χ0n) is 19.0. The van der Waals surface area contributed by atoms with Crippen molar-refractivity contribution in [3.05, 3.63) is 59.3 Å². The van der Waals surface area contributed by atoms with Gasteiger partial charge < -0.3 is 9.32 Å². The van der Waals surface area contributed by atoms with Gasteiger partial charge in [-0.15, -0.1) is 0 Å². The third kappa shape index (κ3) is 5.20. The predicted octanol–water partition coefficient (Wildman–Crippen LogP) is 5.37. The standard InChI is InChI=1S/C26H35FN2O2/c1-18(2)29(26(30)21-6-4-5-7-21)15-22-14-28(16-24-13-8-19(3)31-24)17-25(22)20-9-11-23(27)12-10-20/h8-13,18,21-22,25H,4-7,14-17H2,1-3H3. The largest absolute Gasteiger partial charge is 0.465 e. The number of halogens is 1. The molecule has 1 aliphatic heterocycles. The zero-order chi connectivity index (χ0) is 22.0. The second-order valence-corrected chi connectivity index (χ2v) is 9.69. The van der Waals surface area contributed by atoms with Gasteiger partial charge in [0, 0.05) is 37.5 Å². The smallest absolute Gasteiger partial charge is 0.225 e. The number of furan rings is 1. The molecule has 31 heavy (non-hydrogen) atoms. The topological polar surface area (TPSA) is 36.7 Å². The number of nitrogens with zero attached hydrogens (tertiary/aromatic N) is 2. The highest BCUT2D eigenvalue weighted by Gasteiger charge is 2.38. The number of amides is 1. The number of carbonyl (C=O) groups excluding carboxylic acids is 1. The van der Waals surface area contributed by atoms with Crippen LogP contribution in [0.15, 0.2) is 40.8 Å².